The van der Waals surface area contributed by atoms with Crippen LogP contribution in [0, 0.1) is 5.41 Å². The second-order valence-corrected chi connectivity index (χ2v) is 7.19. The molecule has 0 radical (unpaired) electrons. The van der Waals surface area contributed by atoms with Gasteiger partial charge in [-0.25, -0.2) is 0 Å². The van der Waals surface area contributed by atoms with Gasteiger partial charge in [0.05, 0.1) is 6.42 Å². The van der Waals surface area contributed by atoms with Crippen molar-refractivity contribution < 1.29 is 14.3 Å². The van der Waals surface area contributed by atoms with Gasteiger partial charge in [0, 0.05) is 0 Å². The Hall–Kier alpha value is -1.38. The summed E-state index contributed by atoms with van der Waals surface area (Å²) in [5.74, 6) is -0.827. The Balaban J connectivity index is 2.46. The molecule has 142 valence electrons. The van der Waals surface area contributed by atoms with Gasteiger partial charge in [0.1, 0.15) is 5.41 Å². The van der Waals surface area contributed by atoms with E-state index in [1.807, 2.05) is 12.2 Å². The second kappa shape index (κ2) is 12.9. The lowest BCUT2D eigenvalue weighted by Crippen LogP contribution is -2.21. The minimum Gasteiger partial charge on any atom is -0.392 e. The Morgan fingerprint density at radius 2 is 1.28 bits per heavy atom. The van der Waals surface area contributed by atoms with E-state index in [4.69, 9.17) is 4.74 Å². The Bertz CT molecular complexity index is 424. The van der Waals surface area contributed by atoms with Crippen LogP contribution >= 0.6 is 0 Å². The molecule has 1 saturated heterocycles. The SMILES string of the molecule is CCCCCCCC=CC1(C=CCCCCCCC)CC(=O)OC1=O. The summed E-state index contributed by atoms with van der Waals surface area (Å²) < 4.78 is 4.82. The number of ether oxygens (including phenoxy) is 1. The average Bonchev–Trinajstić information content (AvgIpc) is 2.87. The molecule has 0 atom stereocenters. The molecule has 0 aromatic carbocycles. The van der Waals surface area contributed by atoms with Crippen molar-refractivity contribution in [1.29, 1.82) is 0 Å². The second-order valence-electron chi connectivity index (χ2n) is 7.19. The molecule has 3 nitrogen and oxygen atoms in total. The van der Waals surface area contributed by atoms with E-state index >= 15 is 0 Å². The maximum Gasteiger partial charge on any atom is 0.328 e. The fourth-order valence-electron chi connectivity index (χ4n) is 3.17. The third kappa shape index (κ3) is 8.51. The van der Waals surface area contributed by atoms with Crippen LogP contribution in [-0.2, 0) is 14.3 Å². The van der Waals surface area contributed by atoms with Crippen molar-refractivity contribution in [3.8, 4) is 0 Å². The third-order valence-electron chi connectivity index (χ3n) is 4.80. The molecule has 25 heavy (non-hydrogen) atoms. The summed E-state index contributed by atoms with van der Waals surface area (Å²) in [6.07, 6.45) is 22.3. The summed E-state index contributed by atoms with van der Waals surface area (Å²) >= 11 is 0. The Kier molecular flexibility index (Phi) is 11.2. The smallest absolute Gasteiger partial charge is 0.328 e. The van der Waals surface area contributed by atoms with E-state index in [2.05, 4.69) is 26.0 Å². The molecule has 3 heteroatoms. The van der Waals surface area contributed by atoms with Crippen molar-refractivity contribution >= 4 is 11.9 Å². The van der Waals surface area contributed by atoms with Gasteiger partial charge >= 0.3 is 11.9 Å². The zero-order valence-corrected chi connectivity index (χ0v) is 16.2. The first-order valence-electron chi connectivity index (χ1n) is 10.2. The lowest BCUT2D eigenvalue weighted by Gasteiger charge is -2.14. The highest BCUT2D eigenvalue weighted by atomic mass is 16.6. The van der Waals surface area contributed by atoms with Crippen LogP contribution in [0.5, 0.6) is 0 Å². The number of unbranched alkanes of at least 4 members (excludes halogenated alkanes) is 10. The topological polar surface area (TPSA) is 43.4 Å². The van der Waals surface area contributed by atoms with Crippen LogP contribution in [0.4, 0.5) is 0 Å². The normalized spacial score (nSPS) is 20.9. The van der Waals surface area contributed by atoms with E-state index in [1.54, 1.807) is 0 Å². The molecule has 0 bridgehead atoms. The molecule has 0 aromatic rings. The van der Waals surface area contributed by atoms with Crippen LogP contribution in [-0.4, -0.2) is 11.9 Å². The highest BCUT2D eigenvalue weighted by molar-refractivity contribution is 6.00. The van der Waals surface area contributed by atoms with Crippen LogP contribution in [0.1, 0.15) is 97.3 Å². The molecule has 0 aliphatic carbocycles. The van der Waals surface area contributed by atoms with Crippen molar-refractivity contribution in [2.75, 3.05) is 0 Å². The van der Waals surface area contributed by atoms with Crippen molar-refractivity contribution in [2.24, 2.45) is 5.41 Å². The Morgan fingerprint density at radius 3 is 1.68 bits per heavy atom. The maximum absolute atomic E-state index is 12.2. The molecular weight excluding hydrogens is 312 g/mol. The first-order chi connectivity index (χ1) is 12.1. The molecule has 1 heterocycles. The summed E-state index contributed by atoms with van der Waals surface area (Å²) in [7, 11) is 0. The first-order valence-corrected chi connectivity index (χ1v) is 10.2. The van der Waals surface area contributed by atoms with E-state index in [9.17, 15) is 9.59 Å². The Labute approximate surface area is 153 Å². The minimum atomic E-state index is -0.857. The fraction of sp³-hybridized carbons (Fsp3) is 0.727. The first kappa shape index (κ1) is 21.7. The lowest BCUT2D eigenvalue weighted by molar-refractivity contribution is -0.153. The number of rotatable bonds is 14. The molecule has 0 saturated carbocycles. The molecule has 1 aliphatic heterocycles. The lowest BCUT2D eigenvalue weighted by atomic mass is 9.84. The van der Waals surface area contributed by atoms with Crippen molar-refractivity contribution in [3.63, 3.8) is 0 Å². The molecule has 0 N–H and O–H groups in total. The molecular formula is C22H36O3. The van der Waals surface area contributed by atoms with Crippen molar-refractivity contribution in [3.05, 3.63) is 24.3 Å². The largest absolute Gasteiger partial charge is 0.392 e. The van der Waals surface area contributed by atoms with Crippen molar-refractivity contribution in [2.45, 2.75) is 97.3 Å². The average molecular weight is 349 g/mol. The predicted molar refractivity (Wildman–Crippen MR) is 103 cm³/mol. The number of hydrogen-bond acceptors (Lipinski definition) is 3. The van der Waals surface area contributed by atoms with Gasteiger partial charge in [-0.15, -0.1) is 0 Å². The zero-order chi connectivity index (χ0) is 18.4. The van der Waals surface area contributed by atoms with E-state index in [-0.39, 0.29) is 6.42 Å². The summed E-state index contributed by atoms with van der Waals surface area (Å²) in [5, 5.41) is 0. The summed E-state index contributed by atoms with van der Waals surface area (Å²) in [6.45, 7) is 4.42. The highest BCUT2D eigenvalue weighted by Gasteiger charge is 2.45. The molecule has 1 aliphatic rings. The Morgan fingerprint density at radius 1 is 0.800 bits per heavy atom. The highest BCUT2D eigenvalue weighted by Crippen LogP contribution is 2.35. The van der Waals surface area contributed by atoms with Crippen LogP contribution in [0.3, 0.4) is 0 Å². The van der Waals surface area contributed by atoms with Gasteiger partial charge in [0.2, 0.25) is 0 Å². The van der Waals surface area contributed by atoms with E-state index in [1.165, 1.54) is 51.4 Å². The van der Waals surface area contributed by atoms with E-state index < -0.39 is 17.4 Å². The summed E-state index contributed by atoms with van der Waals surface area (Å²) in [5.41, 5.74) is -0.857. The number of hydrogen-bond donors (Lipinski definition) is 0. The van der Waals surface area contributed by atoms with Gasteiger partial charge < -0.3 is 4.74 Å². The van der Waals surface area contributed by atoms with Gasteiger partial charge in [0.15, 0.2) is 0 Å². The van der Waals surface area contributed by atoms with Crippen molar-refractivity contribution in [1.82, 2.24) is 0 Å². The number of cyclic esters (lactones) is 2. The number of allylic oxidation sites excluding steroid dienone is 2. The maximum atomic E-state index is 12.2. The predicted octanol–water partition coefficient (Wildman–Crippen LogP) is 6.28. The van der Waals surface area contributed by atoms with Gasteiger partial charge in [-0.2, -0.15) is 0 Å². The molecule has 1 fully saturated rings. The van der Waals surface area contributed by atoms with Crippen LogP contribution in [0.25, 0.3) is 0 Å². The number of esters is 2. The molecule has 0 aromatic heterocycles. The zero-order valence-electron chi connectivity index (χ0n) is 16.2. The molecule has 0 amide bonds. The summed E-state index contributed by atoms with van der Waals surface area (Å²) in [4.78, 5) is 23.7. The van der Waals surface area contributed by atoms with Gasteiger partial charge in [-0.05, 0) is 25.7 Å². The number of carbonyl (C=O) groups excluding carboxylic acids is 2. The third-order valence-corrected chi connectivity index (χ3v) is 4.80. The monoisotopic (exact) mass is 348 g/mol. The van der Waals surface area contributed by atoms with Gasteiger partial charge in [0.25, 0.3) is 0 Å². The molecule has 1 rings (SSSR count). The number of carbonyl (C=O) groups is 2. The molecule has 0 unspecified atom stereocenters. The van der Waals surface area contributed by atoms with E-state index in [0.29, 0.717) is 0 Å². The van der Waals surface area contributed by atoms with E-state index in [0.717, 1.165) is 25.7 Å². The van der Waals surface area contributed by atoms with Crippen LogP contribution in [0.2, 0.25) is 0 Å². The standard InChI is InChI=1S/C22H36O3/c1-3-5-7-9-11-13-15-17-22(19-20(23)25-21(22)24)18-16-14-12-10-8-6-4-2/h15-18H,3-14,19H2,1-2H3. The van der Waals surface area contributed by atoms with Crippen LogP contribution < -0.4 is 0 Å². The van der Waals surface area contributed by atoms with Gasteiger partial charge in [-0.1, -0.05) is 89.5 Å². The van der Waals surface area contributed by atoms with Crippen LogP contribution in [0.15, 0.2) is 24.3 Å². The minimum absolute atomic E-state index is 0.143. The molecule has 0 spiro atoms. The van der Waals surface area contributed by atoms with Gasteiger partial charge in [-0.3, -0.25) is 9.59 Å². The fourth-order valence-corrected chi connectivity index (χ4v) is 3.17. The summed E-state index contributed by atoms with van der Waals surface area (Å²) in [6, 6.07) is 0. The quantitative estimate of drug-likeness (QED) is 0.161.